The van der Waals surface area contributed by atoms with Crippen LogP contribution in [0.5, 0.6) is 11.5 Å². The Kier molecular flexibility index (Phi) is 3.76. The van der Waals surface area contributed by atoms with Crippen molar-refractivity contribution >= 4 is 0 Å². The van der Waals surface area contributed by atoms with Gasteiger partial charge in [-0.05, 0) is 30.0 Å². The van der Waals surface area contributed by atoms with Crippen LogP contribution in [0, 0.1) is 18.3 Å². The zero-order valence-electron chi connectivity index (χ0n) is 12.3. The minimum Gasteiger partial charge on any atom is -0.457 e. The Morgan fingerprint density at radius 2 is 1.90 bits per heavy atom. The molecule has 0 aliphatic carbocycles. The van der Waals surface area contributed by atoms with Crippen molar-refractivity contribution in [2.45, 2.75) is 33.1 Å². The molecule has 0 aliphatic heterocycles. The molecule has 0 N–H and O–H groups in total. The molecule has 0 fully saturated rings. The second kappa shape index (κ2) is 5.34. The number of nitrogens with zero attached hydrogens (tertiary/aromatic N) is 2. The first-order valence-corrected chi connectivity index (χ1v) is 6.55. The fourth-order valence-electron chi connectivity index (χ4n) is 2.00. The molecular weight excluding hydrogens is 248 g/mol. The Morgan fingerprint density at radius 3 is 2.55 bits per heavy atom. The van der Waals surface area contributed by atoms with Gasteiger partial charge in [-0.15, -0.1) is 0 Å². The highest BCUT2D eigenvalue weighted by Gasteiger charge is 2.19. The van der Waals surface area contributed by atoms with E-state index >= 15 is 0 Å². The smallest absolute Gasteiger partial charge is 0.144 e. The molecular formula is C17H18N2O. The monoisotopic (exact) mass is 266 g/mol. The van der Waals surface area contributed by atoms with Gasteiger partial charge in [0.25, 0.3) is 0 Å². The molecule has 0 saturated carbocycles. The van der Waals surface area contributed by atoms with E-state index < -0.39 is 0 Å². The van der Waals surface area contributed by atoms with Crippen LogP contribution in [-0.4, -0.2) is 4.98 Å². The molecule has 0 spiro atoms. The number of benzene rings is 1. The lowest BCUT2D eigenvalue weighted by atomic mass is 9.86. The van der Waals surface area contributed by atoms with Gasteiger partial charge in [0.2, 0.25) is 0 Å². The third-order valence-electron chi connectivity index (χ3n) is 3.02. The van der Waals surface area contributed by atoms with Gasteiger partial charge >= 0.3 is 0 Å². The van der Waals surface area contributed by atoms with Gasteiger partial charge in [-0.1, -0.05) is 32.9 Å². The van der Waals surface area contributed by atoms with Gasteiger partial charge < -0.3 is 4.74 Å². The van der Waals surface area contributed by atoms with E-state index in [0.717, 1.165) is 16.9 Å². The van der Waals surface area contributed by atoms with Gasteiger partial charge in [0.1, 0.15) is 23.3 Å². The highest BCUT2D eigenvalue weighted by atomic mass is 16.5. The van der Waals surface area contributed by atoms with Crippen molar-refractivity contribution in [3.05, 3.63) is 53.3 Å². The van der Waals surface area contributed by atoms with E-state index in [2.05, 4.69) is 37.9 Å². The predicted molar refractivity (Wildman–Crippen MR) is 78.9 cm³/mol. The second-order valence-corrected chi connectivity index (χ2v) is 5.84. The number of pyridine rings is 1. The first kappa shape index (κ1) is 14.1. The minimum absolute atomic E-state index is 0.00583. The van der Waals surface area contributed by atoms with Crippen LogP contribution in [0.3, 0.4) is 0 Å². The maximum atomic E-state index is 8.89. The Bertz CT molecular complexity index is 663. The summed E-state index contributed by atoms with van der Waals surface area (Å²) in [6, 6.07) is 11.6. The van der Waals surface area contributed by atoms with E-state index in [1.165, 1.54) is 0 Å². The fraction of sp³-hybridized carbons (Fsp3) is 0.294. The highest BCUT2D eigenvalue weighted by molar-refractivity contribution is 5.44. The van der Waals surface area contributed by atoms with Crippen molar-refractivity contribution in [1.82, 2.24) is 4.98 Å². The second-order valence-electron chi connectivity index (χ2n) is 5.84. The van der Waals surface area contributed by atoms with Crippen LogP contribution in [0.25, 0.3) is 0 Å². The molecule has 0 radical (unpaired) electrons. The molecule has 1 aromatic carbocycles. The van der Waals surface area contributed by atoms with Crippen LogP contribution in [0.2, 0.25) is 0 Å². The summed E-state index contributed by atoms with van der Waals surface area (Å²) >= 11 is 0. The molecule has 0 bridgehead atoms. The average Bonchev–Trinajstić information content (AvgIpc) is 2.37. The lowest BCUT2D eigenvalue weighted by Gasteiger charge is -2.23. The van der Waals surface area contributed by atoms with E-state index in [0.29, 0.717) is 11.4 Å². The number of nitriles is 1. The summed E-state index contributed by atoms with van der Waals surface area (Å²) in [6.45, 7) is 8.49. The number of hydrogen-bond donors (Lipinski definition) is 0. The number of aryl methyl sites for hydroxylation is 1. The average molecular weight is 266 g/mol. The summed E-state index contributed by atoms with van der Waals surface area (Å²) in [5, 5.41) is 8.89. The summed E-state index contributed by atoms with van der Waals surface area (Å²) in [5.41, 5.74) is 2.63. The zero-order valence-corrected chi connectivity index (χ0v) is 12.3. The molecule has 1 aromatic heterocycles. The molecule has 2 aromatic rings. The third kappa shape index (κ3) is 3.16. The van der Waals surface area contributed by atoms with Crippen LogP contribution < -0.4 is 4.74 Å². The maximum Gasteiger partial charge on any atom is 0.144 e. The van der Waals surface area contributed by atoms with Crippen LogP contribution in [0.4, 0.5) is 0 Å². The normalized spacial score (nSPS) is 10.9. The molecule has 102 valence electrons. The van der Waals surface area contributed by atoms with Crippen molar-refractivity contribution < 1.29 is 4.74 Å². The summed E-state index contributed by atoms with van der Waals surface area (Å²) in [5.74, 6) is 1.46. The van der Waals surface area contributed by atoms with Crippen molar-refractivity contribution in [2.24, 2.45) is 0 Å². The Hall–Kier alpha value is -2.34. The standard InChI is InChI=1S/C17H18N2O/c1-12-5-6-15(17(2,3)4)16(9-12)20-14-7-8-19-13(10-14)11-18/h5-10H,1-4H3. The van der Waals surface area contributed by atoms with Gasteiger partial charge in [-0.25, -0.2) is 4.98 Å². The van der Waals surface area contributed by atoms with Gasteiger partial charge in [-0.2, -0.15) is 5.26 Å². The third-order valence-corrected chi connectivity index (χ3v) is 3.02. The summed E-state index contributed by atoms with van der Waals surface area (Å²) < 4.78 is 5.97. The zero-order chi connectivity index (χ0) is 14.8. The predicted octanol–water partition coefficient (Wildman–Crippen LogP) is 4.35. The molecule has 20 heavy (non-hydrogen) atoms. The van der Waals surface area contributed by atoms with E-state index in [4.69, 9.17) is 10.00 Å². The number of aromatic nitrogens is 1. The summed E-state index contributed by atoms with van der Waals surface area (Å²) in [7, 11) is 0. The van der Waals surface area contributed by atoms with Gasteiger partial charge in [-0.3, -0.25) is 0 Å². The number of hydrogen-bond acceptors (Lipinski definition) is 3. The van der Waals surface area contributed by atoms with Crippen molar-refractivity contribution in [3.63, 3.8) is 0 Å². The highest BCUT2D eigenvalue weighted by Crippen LogP contribution is 2.34. The Labute approximate surface area is 119 Å². The van der Waals surface area contributed by atoms with Crippen LogP contribution in [-0.2, 0) is 5.41 Å². The largest absolute Gasteiger partial charge is 0.457 e. The summed E-state index contributed by atoms with van der Waals surface area (Å²) in [6.07, 6.45) is 1.58. The molecule has 2 rings (SSSR count). The molecule has 0 unspecified atom stereocenters. The summed E-state index contributed by atoms with van der Waals surface area (Å²) in [4.78, 5) is 3.95. The van der Waals surface area contributed by atoms with Crippen LogP contribution in [0.1, 0.15) is 37.6 Å². The van der Waals surface area contributed by atoms with Crippen molar-refractivity contribution in [1.29, 1.82) is 5.26 Å². The maximum absolute atomic E-state index is 8.89. The quantitative estimate of drug-likeness (QED) is 0.811. The van der Waals surface area contributed by atoms with E-state index in [-0.39, 0.29) is 5.41 Å². The first-order chi connectivity index (χ1) is 9.40. The topological polar surface area (TPSA) is 45.9 Å². The molecule has 0 amide bonds. The molecule has 0 saturated heterocycles. The van der Waals surface area contributed by atoms with Gasteiger partial charge in [0.05, 0.1) is 0 Å². The first-order valence-electron chi connectivity index (χ1n) is 6.55. The number of rotatable bonds is 2. The Morgan fingerprint density at radius 1 is 1.15 bits per heavy atom. The van der Waals surface area contributed by atoms with Crippen molar-refractivity contribution in [3.8, 4) is 17.6 Å². The van der Waals surface area contributed by atoms with Crippen LogP contribution in [0.15, 0.2) is 36.5 Å². The fourth-order valence-corrected chi connectivity index (χ4v) is 2.00. The SMILES string of the molecule is Cc1ccc(C(C)(C)C)c(Oc2ccnc(C#N)c2)c1. The lowest BCUT2D eigenvalue weighted by Crippen LogP contribution is -2.12. The number of ether oxygens (including phenoxy) is 1. The van der Waals surface area contributed by atoms with E-state index in [1.54, 1.807) is 18.3 Å². The lowest BCUT2D eigenvalue weighted by molar-refractivity contribution is 0.454. The van der Waals surface area contributed by atoms with E-state index in [1.807, 2.05) is 19.1 Å². The van der Waals surface area contributed by atoms with Gasteiger partial charge in [0.15, 0.2) is 0 Å². The Balaban J connectivity index is 2.42. The molecule has 3 nitrogen and oxygen atoms in total. The molecule has 3 heteroatoms. The van der Waals surface area contributed by atoms with Gasteiger partial charge in [0, 0.05) is 17.8 Å². The molecule has 0 aliphatic rings. The van der Waals surface area contributed by atoms with Crippen LogP contribution >= 0.6 is 0 Å². The molecule has 0 atom stereocenters. The minimum atomic E-state index is -0.00583. The van der Waals surface area contributed by atoms with E-state index in [9.17, 15) is 0 Å². The molecule has 1 heterocycles. The van der Waals surface area contributed by atoms with Crippen molar-refractivity contribution in [2.75, 3.05) is 0 Å².